The maximum Gasteiger partial charge on any atom is 0.338 e. The van der Waals surface area contributed by atoms with Crippen molar-refractivity contribution in [2.45, 2.75) is 13.3 Å². The van der Waals surface area contributed by atoms with Gasteiger partial charge in [0.2, 0.25) is 0 Å². The number of nitrogens with zero attached hydrogens (tertiary/aromatic N) is 2. The highest BCUT2D eigenvalue weighted by molar-refractivity contribution is 5.92. The molecular formula is C23H32N4O3. The molecular weight excluding hydrogens is 380 g/mol. The normalized spacial score (nSPS) is 14.9. The molecule has 1 aliphatic rings. The van der Waals surface area contributed by atoms with E-state index in [9.17, 15) is 4.79 Å². The summed E-state index contributed by atoms with van der Waals surface area (Å²) >= 11 is 0. The number of carbonyl (C=O) groups excluding carboxylic acids is 1. The molecule has 0 bridgehead atoms. The number of nitrogens with one attached hydrogen (secondary N) is 1. The summed E-state index contributed by atoms with van der Waals surface area (Å²) in [5, 5.41) is 3.37. The highest BCUT2D eigenvalue weighted by atomic mass is 16.6. The SMILES string of the molecule is CCN1CCCN(c2cccc(Nc3ccc(C(=O)OCCOC)cc3N)c2)CC1. The summed E-state index contributed by atoms with van der Waals surface area (Å²) in [6.45, 7) is 8.23. The number of ether oxygens (including phenoxy) is 2. The van der Waals surface area contributed by atoms with Gasteiger partial charge >= 0.3 is 5.97 Å². The number of rotatable bonds is 8. The van der Waals surface area contributed by atoms with Gasteiger partial charge < -0.3 is 30.3 Å². The topological polar surface area (TPSA) is 80.1 Å². The van der Waals surface area contributed by atoms with Crippen LogP contribution in [0.4, 0.5) is 22.7 Å². The fourth-order valence-electron chi connectivity index (χ4n) is 3.59. The van der Waals surface area contributed by atoms with Gasteiger partial charge in [0, 0.05) is 38.1 Å². The number of methoxy groups -OCH3 is 1. The molecule has 2 aromatic rings. The lowest BCUT2D eigenvalue weighted by molar-refractivity contribution is 0.0388. The quantitative estimate of drug-likeness (QED) is 0.391. The second kappa shape index (κ2) is 10.8. The van der Waals surface area contributed by atoms with Crippen LogP contribution in [0.5, 0.6) is 0 Å². The molecule has 1 heterocycles. The summed E-state index contributed by atoms with van der Waals surface area (Å²) in [5.74, 6) is -0.408. The van der Waals surface area contributed by atoms with Crippen molar-refractivity contribution >= 4 is 28.7 Å². The van der Waals surface area contributed by atoms with Crippen molar-refractivity contribution in [3.05, 3.63) is 48.0 Å². The molecule has 1 aliphatic heterocycles. The second-order valence-corrected chi connectivity index (χ2v) is 7.38. The van der Waals surface area contributed by atoms with Crippen molar-refractivity contribution in [2.24, 2.45) is 0 Å². The van der Waals surface area contributed by atoms with Crippen LogP contribution in [0.2, 0.25) is 0 Å². The minimum Gasteiger partial charge on any atom is -0.460 e. The van der Waals surface area contributed by atoms with Gasteiger partial charge in [-0.2, -0.15) is 0 Å². The third-order valence-corrected chi connectivity index (χ3v) is 5.33. The van der Waals surface area contributed by atoms with Crippen molar-refractivity contribution < 1.29 is 14.3 Å². The van der Waals surface area contributed by atoms with Crippen LogP contribution < -0.4 is 16.0 Å². The molecule has 0 saturated carbocycles. The fraction of sp³-hybridized carbons (Fsp3) is 0.435. The van der Waals surface area contributed by atoms with Crippen molar-refractivity contribution in [2.75, 3.05) is 69.0 Å². The highest BCUT2D eigenvalue weighted by Crippen LogP contribution is 2.27. The van der Waals surface area contributed by atoms with Crippen LogP contribution in [0.15, 0.2) is 42.5 Å². The Morgan fingerprint density at radius 1 is 1.10 bits per heavy atom. The third-order valence-electron chi connectivity index (χ3n) is 5.33. The van der Waals surface area contributed by atoms with E-state index in [1.54, 1.807) is 25.3 Å². The summed E-state index contributed by atoms with van der Waals surface area (Å²) in [4.78, 5) is 17.0. The third kappa shape index (κ3) is 5.87. The Bertz CT molecular complexity index is 843. The standard InChI is InChI=1S/C23H32N4O3/c1-3-26-10-5-11-27(13-12-26)20-7-4-6-19(17-20)25-22-9-8-18(16-21(22)24)23(28)30-15-14-29-2/h4,6-9,16-17,25H,3,5,10-15,24H2,1-2H3. The van der Waals surface area contributed by atoms with Crippen LogP contribution in [0.25, 0.3) is 0 Å². The monoisotopic (exact) mass is 412 g/mol. The first kappa shape index (κ1) is 21.9. The molecule has 7 nitrogen and oxygen atoms in total. The summed E-state index contributed by atoms with van der Waals surface area (Å²) in [5.41, 5.74) is 10.0. The minimum atomic E-state index is -0.408. The zero-order valence-corrected chi connectivity index (χ0v) is 17.9. The lowest BCUT2D eigenvalue weighted by Crippen LogP contribution is -2.30. The number of anilines is 4. The maximum absolute atomic E-state index is 12.1. The van der Waals surface area contributed by atoms with Crippen LogP contribution in [-0.4, -0.2) is 63.9 Å². The molecule has 1 saturated heterocycles. The second-order valence-electron chi connectivity index (χ2n) is 7.38. The molecule has 2 aromatic carbocycles. The van der Waals surface area contributed by atoms with Gasteiger partial charge in [-0.15, -0.1) is 0 Å². The Balaban J connectivity index is 1.66. The van der Waals surface area contributed by atoms with Crippen LogP contribution >= 0.6 is 0 Å². The molecule has 0 radical (unpaired) electrons. The van der Waals surface area contributed by atoms with Crippen LogP contribution in [0.3, 0.4) is 0 Å². The number of esters is 1. The first-order chi connectivity index (χ1) is 14.6. The number of nitrogen functional groups attached to an aromatic ring is 1. The van der Waals surface area contributed by atoms with Crippen LogP contribution in [0.1, 0.15) is 23.7 Å². The van der Waals surface area contributed by atoms with Crippen LogP contribution in [-0.2, 0) is 9.47 Å². The lowest BCUT2D eigenvalue weighted by Gasteiger charge is -2.24. The minimum absolute atomic E-state index is 0.217. The van der Waals surface area contributed by atoms with Crippen molar-refractivity contribution in [3.63, 3.8) is 0 Å². The fourth-order valence-corrected chi connectivity index (χ4v) is 3.59. The van der Waals surface area contributed by atoms with E-state index in [2.05, 4.69) is 40.2 Å². The lowest BCUT2D eigenvalue weighted by atomic mass is 10.1. The Labute approximate surface area is 178 Å². The average Bonchev–Trinajstić information content (AvgIpc) is 3.01. The highest BCUT2D eigenvalue weighted by Gasteiger charge is 2.15. The first-order valence-corrected chi connectivity index (χ1v) is 10.5. The molecule has 0 aromatic heterocycles. The van der Waals surface area contributed by atoms with Crippen molar-refractivity contribution in [1.82, 2.24) is 4.90 Å². The first-order valence-electron chi connectivity index (χ1n) is 10.5. The molecule has 0 unspecified atom stereocenters. The van der Waals surface area contributed by atoms with Gasteiger partial charge in [0.1, 0.15) is 6.61 Å². The Morgan fingerprint density at radius 3 is 2.73 bits per heavy atom. The number of carbonyl (C=O) groups is 1. The van der Waals surface area contributed by atoms with Crippen molar-refractivity contribution in [1.29, 1.82) is 0 Å². The molecule has 0 spiro atoms. The predicted molar refractivity (Wildman–Crippen MR) is 122 cm³/mol. The van der Waals surface area contributed by atoms with Gasteiger partial charge in [-0.25, -0.2) is 4.79 Å². The van der Waals surface area contributed by atoms with E-state index in [1.165, 1.54) is 12.1 Å². The molecule has 3 N–H and O–H groups in total. The van der Waals surface area contributed by atoms with Gasteiger partial charge in [0.15, 0.2) is 0 Å². The van der Waals surface area contributed by atoms with Gasteiger partial charge in [0.05, 0.1) is 23.5 Å². The molecule has 7 heteroatoms. The Morgan fingerprint density at radius 2 is 1.97 bits per heavy atom. The molecule has 30 heavy (non-hydrogen) atoms. The summed E-state index contributed by atoms with van der Waals surface area (Å²) < 4.78 is 10.0. The van der Waals surface area contributed by atoms with Crippen molar-refractivity contribution in [3.8, 4) is 0 Å². The molecule has 0 aliphatic carbocycles. The summed E-state index contributed by atoms with van der Waals surface area (Å²) in [6.07, 6.45) is 1.17. The van der Waals surface area contributed by atoms with Gasteiger partial charge in [-0.3, -0.25) is 0 Å². The Kier molecular flexibility index (Phi) is 7.93. The molecule has 0 amide bonds. The molecule has 3 rings (SSSR count). The zero-order valence-electron chi connectivity index (χ0n) is 17.9. The molecule has 1 fully saturated rings. The molecule has 162 valence electrons. The number of hydrogen-bond acceptors (Lipinski definition) is 7. The zero-order chi connectivity index (χ0) is 21.3. The van der Waals surface area contributed by atoms with Gasteiger partial charge in [-0.1, -0.05) is 13.0 Å². The van der Waals surface area contributed by atoms with Crippen LogP contribution in [0, 0.1) is 0 Å². The predicted octanol–water partition coefficient (Wildman–Crippen LogP) is 3.35. The van der Waals surface area contributed by atoms with E-state index in [-0.39, 0.29) is 6.61 Å². The van der Waals surface area contributed by atoms with E-state index in [1.807, 2.05) is 6.07 Å². The van der Waals surface area contributed by atoms with E-state index in [4.69, 9.17) is 15.2 Å². The summed E-state index contributed by atoms with van der Waals surface area (Å²) in [7, 11) is 1.56. The molecule has 0 atom stereocenters. The number of benzene rings is 2. The summed E-state index contributed by atoms with van der Waals surface area (Å²) in [6, 6.07) is 13.5. The maximum atomic E-state index is 12.1. The van der Waals surface area contributed by atoms with E-state index in [0.29, 0.717) is 17.9 Å². The Hall–Kier alpha value is -2.77. The number of hydrogen-bond donors (Lipinski definition) is 2. The largest absolute Gasteiger partial charge is 0.460 e. The van der Waals surface area contributed by atoms with E-state index in [0.717, 1.165) is 44.1 Å². The van der Waals surface area contributed by atoms with E-state index >= 15 is 0 Å². The number of likely N-dealkylation sites (N-methyl/N-ethyl adjacent to an activating group) is 1. The van der Waals surface area contributed by atoms with E-state index < -0.39 is 5.97 Å². The van der Waals surface area contributed by atoms with Gasteiger partial charge in [0.25, 0.3) is 0 Å². The number of nitrogens with two attached hydrogens (primary N) is 1. The average molecular weight is 413 g/mol. The smallest absolute Gasteiger partial charge is 0.338 e. The van der Waals surface area contributed by atoms with Gasteiger partial charge in [-0.05, 0) is 55.9 Å².